The number of benzene rings is 3. The first-order valence-electron chi connectivity index (χ1n) is 11.8. The average molecular weight is 491 g/mol. The molecule has 0 aliphatic carbocycles. The van der Waals surface area contributed by atoms with E-state index in [9.17, 15) is 9.50 Å². The lowest BCUT2D eigenvalue weighted by Gasteiger charge is -2.43. The lowest BCUT2D eigenvalue weighted by molar-refractivity contribution is -0.0191. The van der Waals surface area contributed by atoms with Gasteiger partial charge in [0, 0.05) is 27.9 Å². The number of aliphatic hydroxyl groups is 1. The summed E-state index contributed by atoms with van der Waals surface area (Å²) in [5.41, 5.74) is 2.43. The van der Waals surface area contributed by atoms with Gasteiger partial charge >= 0.3 is 0 Å². The van der Waals surface area contributed by atoms with Crippen LogP contribution in [0, 0.1) is 5.82 Å². The lowest BCUT2D eigenvalue weighted by Crippen LogP contribution is -2.52. The second-order valence-corrected chi connectivity index (χ2v) is 9.74. The van der Waals surface area contributed by atoms with E-state index in [1.54, 1.807) is 13.2 Å². The zero-order chi connectivity index (χ0) is 24.4. The molecule has 4 aromatic rings. The molecule has 3 aromatic carbocycles. The summed E-state index contributed by atoms with van der Waals surface area (Å²) in [7, 11) is 1.57. The predicted molar refractivity (Wildman–Crippen MR) is 138 cm³/mol. The molecule has 5 rings (SSSR count). The summed E-state index contributed by atoms with van der Waals surface area (Å²) in [5, 5.41) is 17.1. The number of hydrogen-bond acceptors (Lipinski definition) is 4. The van der Waals surface area contributed by atoms with Crippen molar-refractivity contribution in [2.45, 2.75) is 36.8 Å². The molecule has 180 valence electrons. The van der Waals surface area contributed by atoms with Gasteiger partial charge in [-0.2, -0.15) is 0 Å². The smallest absolute Gasteiger partial charge is 0.217 e. The minimum Gasteiger partial charge on any atom is -0.481 e. The van der Waals surface area contributed by atoms with E-state index in [1.165, 1.54) is 17.7 Å². The molecule has 3 unspecified atom stereocenters. The Bertz CT molecular complexity index is 1320. The summed E-state index contributed by atoms with van der Waals surface area (Å²) in [4.78, 5) is 4.67. The number of halogens is 2. The molecular weight excluding hydrogens is 463 g/mol. The maximum atomic E-state index is 14.1. The summed E-state index contributed by atoms with van der Waals surface area (Å²) in [5.74, 6) is -0.340. The Hall–Kier alpha value is -2.99. The number of methoxy groups -OCH3 is 1. The molecule has 1 aromatic heterocycles. The number of piperidine rings is 1. The van der Waals surface area contributed by atoms with E-state index >= 15 is 0 Å². The van der Waals surface area contributed by atoms with Gasteiger partial charge in [-0.25, -0.2) is 9.37 Å². The Kier molecular flexibility index (Phi) is 6.74. The van der Waals surface area contributed by atoms with Crippen molar-refractivity contribution < 1.29 is 14.2 Å². The largest absolute Gasteiger partial charge is 0.481 e. The molecule has 0 spiro atoms. The summed E-state index contributed by atoms with van der Waals surface area (Å²) >= 11 is 6.20. The van der Waals surface area contributed by atoms with Crippen LogP contribution in [0.2, 0.25) is 5.02 Å². The minimum absolute atomic E-state index is 0.0998. The molecule has 0 radical (unpaired) electrons. The van der Waals surface area contributed by atoms with Crippen molar-refractivity contribution in [1.29, 1.82) is 0 Å². The van der Waals surface area contributed by atoms with E-state index < -0.39 is 11.5 Å². The predicted octanol–water partition coefficient (Wildman–Crippen LogP) is 5.89. The number of hydrogen-bond donors (Lipinski definition) is 2. The van der Waals surface area contributed by atoms with Gasteiger partial charge in [-0.05, 0) is 73.3 Å². The molecule has 3 atom stereocenters. The Morgan fingerprint density at radius 2 is 1.89 bits per heavy atom. The molecule has 0 bridgehead atoms. The van der Waals surface area contributed by atoms with Crippen LogP contribution < -0.4 is 10.1 Å². The first-order valence-corrected chi connectivity index (χ1v) is 12.2. The molecule has 6 heteroatoms. The van der Waals surface area contributed by atoms with Gasteiger partial charge in [0.25, 0.3) is 0 Å². The monoisotopic (exact) mass is 490 g/mol. The van der Waals surface area contributed by atoms with Crippen molar-refractivity contribution >= 4 is 22.5 Å². The molecule has 4 nitrogen and oxygen atoms in total. The maximum absolute atomic E-state index is 14.1. The molecule has 1 aliphatic rings. The molecule has 0 saturated carbocycles. The molecule has 2 N–H and O–H groups in total. The minimum atomic E-state index is -1.07. The van der Waals surface area contributed by atoms with Gasteiger partial charge in [-0.15, -0.1) is 0 Å². The van der Waals surface area contributed by atoms with E-state index in [0.717, 1.165) is 17.5 Å². The van der Waals surface area contributed by atoms with Crippen LogP contribution >= 0.6 is 11.6 Å². The first-order chi connectivity index (χ1) is 16.9. The average Bonchev–Trinajstić information content (AvgIpc) is 2.85. The van der Waals surface area contributed by atoms with Gasteiger partial charge in [0.15, 0.2) is 0 Å². The van der Waals surface area contributed by atoms with E-state index in [1.807, 2.05) is 48.5 Å². The summed E-state index contributed by atoms with van der Waals surface area (Å²) in [6.07, 6.45) is 1.91. The van der Waals surface area contributed by atoms with Crippen LogP contribution in [0.3, 0.4) is 0 Å². The van der Waals surface area contributed by atoms with Crippen LogP contribution in [0.25, 0.3) is 10.9 Å². The van der Waals surface area contributed by atoms with Crippen LogP contribution in [0.5, 0.6) is 5.88 Å². The van der Waals surface area contributed by atoms with Crippen molar-refractivity contribution in [1.82, 2.24) is 10.3 Å². The van der Waals surface area contributed by atoms with Crippen LogP contribution in [-0.4, -0.2) is 35.4 Å². The van der Waals surface area contributed by atoms with Crippen molar-refractivity contribution in [2.24, 2.45) is 0 Å². The van der Waals surface area contributed by atoms with Crippen molar-refractivity contribution in [3.05, 3.63) is 106 Å². The molecule has 1 aliphatic heterocycles. The molecule has 0 amide bonds. The highest BCUT2D eigenvalue weighted by molar-refractivity contribution is 6.30. The second kappa shape index (κ2) is 9.94. The fraction of sp³-hybridized carbons (Fsp3) is 0.276. The molecule has 1 saturated heterocycles. The highest BCUT2D eigenvalue weighted by Crippen LogP contribution is 2.45. The number of fused-ring (bicyclic) bond motifs is 1. The normalized spacial score (nSPS) is 21.1. The van der Waals surface area contributed by atoms with Gasteiger partial charge < -0.3 is 15.2 Å². The fourth-order valence-corrected chi connectivity index (χ4v) is 5.48. The van der Waals surface area contributed by atoms with Crippen LogP contribution in [0.15, 0.2) is 78.9 Å². The van der Waals surface area contributed by atoms with E-state index in [2.05, 4.69) is 22.4 Å². The topological polar surface area (TPSA) is 54.4 Å². The van der Waals surface area contributed by atoms with E-state index in [-0.39, 0.29) is 11.9 Å². The van der Waals surface area contributed by atoms with Crippen LogP contribution in [0.1, 0.15) is 35.4 Å². The Morgan fingerprint density at radius 1 is 1.11 bits per heavy atom. The number of pyridine rings is 1. The zero-order valence-electron chi connectivity index (χ0n) is 19.5. The SMILES string of the molecule is COc1nc2ccc(F)cc2cc1C(c1ccc(Cl)cc1)C1(O)CCNC(Cc2ccccc2)C1. The third kappa shape index (κ3) is 5.03. The van der Waals surface area contributed by atoms with Gasteiger partial charge in [-0.1, -0.05) is 54.1 Å². The summed E-state index contributed by atoms with van der Waals surface area (Å²) in [6, 6.07) is 24.3. The van der Waals surface area contributed by atoms with Crippen LogP contribution in [-0.2, 0) is 6.42 Å². The molecule has 35 heavy (non-hydrogen) atoms. The number of nitrogens with zero attached hydrogens (tertiary/aromatic N) is 1. The molecule has 2 heterocycles. The highest BCUT2D eigenvalue weighted by atomic mass is 35.5. The third-order valence-corrected chi connectivity index (χ3v) is 7.18. The van der Waals surface area contributed by atoms with Crippen molar-refractivity contribution in [3.63, 3.8) is 0 Å². The Labute approximate surface area is 209 Å². The van der Waals surface area contributed by atoms with Gasteiger partial charge in [-0.3, -0.25) is 0 Å². The van der Waals surface area contributed by atoms with Crippen LogP contribution in [0.4, 0.5) is 4.39 Å². The zero-order valence-corrected chi connectivity index (χ0v) is 20.3. The Balaban J connectivity index is 1.60. The summed E-state index contributed by atoms with van der Waals surface area (Å²) < 4.78 is 19.8. The maximum Gasteiger partial charge on any atom is 0.217 e. The van der Waals surface area contributed by atoms with E-state index in [0.29, 0.717) is 41.2 Å². The number of rotatable bonds is 6. The molecule has 1 fully saturated rings. The standard InChI is InChI=1S/C29H28ClFN2O2/c1-35-28-25(17-21-16-23(31)11-12-26(21)33-28)27(20-7-9-22(30)10-8-20)29(34)13-14-32-24(18-29)15-19-5-3-2-4-6-19/h2-12,16-17,24,27,32,34H,13-15,18H2,1H3. The number of aromatic nitrogens is 1. The number of ether oxygens (including phenoxy) is 1. The lowest BCUT2D eigenvalue weighted by atomic mass is 9.70. The van der Waals surface area contributed by atoms with Gasteiger partial charge in [0.2, 0.25) is 5.88 Å². The van der Waals surface area contributed by atoms with Gasteiger partial charge in [0.05, 0.1) is 18.2 Å². The van der Waals surface area contributed by atoms with Gasteiger partial charge in [0.1, 0.15) is 5.82 Å². The third-order valence-electron chi connectivity index (χ3n) is 6.93. The highest BCUT2D eigenvalue weighted by Gasteiger charge is 2.44. The quantitative estimate of drug-likeness (QED) is 0.353. The summed E-state index contributed by atoms with van der Waals surface area (Å²) in [6.45, 7) is 0.677. The van der Waals surface area contributed by atoms with Crippen molar-refractivity contribution in [2.75, 3.05) is 13.7 Å². The second-order valence-electron chi connectivity index (χ2n) is 9.31. The van der Waals surface area contributed by atoms with E-state index in [4.69, 9.17) is 16.3 Å². The first kappa shape index (κ1) is 23.7. The fourth-order valence-electron chi connectivity index (χ4n) is 5.35. The van der Waals surface area contributed by atoms with Crippen molar-refractivity contribution in [3.8, 4) is 5.88 Å². The molecular formula is C29H28ClFN2O2. The Morgan fingerprint density at radius 3 is 2.63 bits per heavy atom. The number of nitrogens with one attached hydrogen (secondary N) is 1.